The molecule has 8 nitrogen and oxygen atoms in total. The number of ether oxygens (including phenoxy) is 1. The van der Waals surface area contributed by atoms with Crippen molar-refractivity contribution in [2.75, 3.05) is 26.3 Å². The van der Waals surface area contributed by atoms with Gasteiger partial charge in [0.15, 0.2) is 5.82 Å². The van der Waals surface area contributed by atoms with Crippen LogP contribution in [0.25, 0.3) is 0 Å². The molecule has 1 atom stereocenters. The van der Waals surface area contributed by atoms with Crippen LogP contribution in [0.4, 0.5) is 0 Å². The topological polar surface area (TPSA) is 94.2 Å². The van der Waals surface area contributed by atoms with Crippen LogP contribution in [0.15, 0.2) is 16.9 Å². The molecule has 0 aromatic carbocycles. The molecule has 2 saturated heterocycles. The minimum atomic E-state index is -0.0550. The lowest BCUT2D eigenvalue weighted by Crippen LogP contribution is -2.41. The first-order valence-corrected chi connectivity index (χ1v) is 9.67. The summed E-state index contributed by atoms with van der Waals surface area (Å²) in [6.45, 7) is 4.81. The van der Waals surface area contributed by atoms with Gasteiger partial charge in [0.2, 0.25) is 5.89 Å². The molecule has 0 N–H and O–H groups in total. The average Bonchev–Trinajstić information content (AvgIpc) is 3.17. The molecule has 4 heterocycles. The average molecular weight is 371 g/mol. The molecule has 2 aliphatic rings. The molecule has 1 unspecified atom stereocenters. The molecule has 8 heteroatoms. The summed E-state index contributed by atoms with van der Waals surface area (Å²) in [5.74, 6) is 2.07. The lowest BCUT2D eigenvalue weighted by atomic mass is 9.94. The zero-order valence-electron chi connectivity index (χ0n) is 15.6. The van der Waals surface area contributed by atoms with Gasteiger partial charge >= 0.3 is 0 Å². The number of rotatable bonds is 4. The summed E-state index contributed by atoms with van der Waals surface area (Å²) >= 11 is 0. The molecular formula is C19H25N5O3. The first-order chi connectivity index (χ1) is 13.2. The van der Waals surface area contributed by atoms with Crippen LogP contribution in [0.5, 0.6) is 0 Å². The highest BCUT2D eigenvalue weighted by Crippen LogP contribution is 2.26. The molecule has 27 heavy (non-hydrogen) atoms. The number of piperidine rings is 1. The van der Waals surface area contributed by atoms with E-state index in [4.69, 9.17) is 9.26 Å². The van der Waals surface area contributed by atoms with Gasteiger partial charge in [-0.2, -0.15) is 4.98 Å². The standard InChI is InChI=1S/C19H25N5O3/c1-13-10-21-16(11-20-13)19(25)24-6-2-3-14(12-24)9-17-22-18(23-27-17)15-4-7-26-8-5-15/h10-11,14-15H,2-9,12H2,1H3. The second-order valence-electron chi connectivity index (χ2n) is 7.44. The molecule has 0 radical (unpaired) electrons. The number of amides is 1. The van der Waals surface area contributed by atoms with Crippen LogP contribution < -0.4 is 0 Å². The summed E-state index contributed by atoms with van der Waals surface area (Å²) in [6, 6.07) is 0. The van der Waals surface area contributed by atoms with E-state index in [2.05, 4.69) is 20.1 Å². The van der Waals surface area contributed by atoms with Crippen molar-refractivity contribution in [1.82, 2.24) is 25.0 Å². The second kappa shape index (κ2) is 8.12. The molecule has 4 rings (SSSR count). The van der Waals surface area contributed by atoms with Crippen LogP contribution in [-0.4, -0.2) is 57.2 Å². The first-order valence-electron chi connectivity index (χ1n) is 9.67. The van der Waals surface area contributed by atoms with Crippen molar-refractivity contribution in [2.45, 2.75) is 44.9 Å². The zero-order valence-corrected chi connectivity index (χ0v) is 15.6. The minimum absolute atomic E-state index is 0.0550. The fraction of sp³-hybridized carbons (Fsp3) is 0.632. The zero-order chi connectivity index (χ0) is 18.6. The third-order valence-corrected chi connectivity index (χ3v) is 5.34. The summed E-state index contributed by atoms with van der Waals surface area (Å²) in [6.07, 6.45) is 7.81. The van der Waals surface area contributed by atoms with E-state index in [0.717, 1.165) is 57.0 Å². The summed E-state index contributed by atoms with van der Waals surface area (Å²) in [5.41, 5.74) is 1.21. The lowest BCUT2D eigenvalue weighted by molar-refractivity contribution is 0.0661. The fourth-order valence-corrected chi connectivity index (χ4v) is 3.80. The maximum absolute atomic E-state index is 12.7. The van der Waals surface area contributed by atoms with Crippen molar-refractivity contribution in [1.29, 1.82) is 0 Å². The molecule has 2 aromatic rings. The van der Waals surface area contributed by atoms with Gasteiger partial charge in [-0.1, -0.05) is 5.16 Å². The van der Waals surface area contributed by atoms with E-state index in [1.165, 1.54) is 0 Å². The quantitative estimate of drug-likeness (QED) is 0.813. The molecule has 0 bridgehead atoms. The van der Waals surface area contributed by atoms with Gasteiger partial charge < -0.3 is 14.2 Å². The molecule has 2 aromatic heterocycles. The Kier molecular flexibility index (Phi) is 5.42. The smallest absolute Gasteiger partial charge is 0.274 e. The number of carbonyl (C=O) groups excluding carboxylic acids is 1. The van der Waals surface area contributed by atoms with E-state index < -0.39 is 0 Å². The number of aryl methyl sites for hydroxylation is 1. The van der Waals surface area contributed by atoms with Crippen molar-refractivity contribution >= 4 is 5.91 Å². The van der Waals surface area contributed by atoms with E-state index in [1.807, 2.05) is 11.8 Å². The number of hydrogen-bond donors (Lipinski definition) is 0. The predicted octanol–water partition coefficient (Wildman–Crippen LogP) is 2.16. The lowest BCUT2D eigenvalue weighted by Gasteiger charge is -2.31. The Morgan fingerprint density at radius 3 is 2.85 bits per heavy atom. The van der Waals surface area contributed by atoms with Crippen LogP contribution >= 0.6 is 0 Å². The van der Waals surface area contributed by atoms with E-state index in [9.17, 15) is 4.79 Å². The Hall–Kier alpha value is -2.35. The molecule has 0 spiro atoms. The van der Waals surface area contributed by atoms with Gasteiger partial charge in [0.1, 0.15) is 5.69 Å². The van der Waals surface area contributed by atoms with Gasteiger partial charge in [-0.05, 0) is 38.5 Å². The van der Waals surface area contributed by atoms with Gasteiger partial charge in [-0.25, -0.2) is 4.98 Å². The molecule has 2 fully saturated rings. The second-order valence-corrected chi connectivity index (χ2v) is 7.44. The molecule has 144 valence electrons. The highest BCUT2D eigenvalue weighted by molar-refractivity contribution is 5.92. The number of hydrogen-bond acceptors (Lipinski definition) is 7. The summed E-state index contributed by atoms with van der Waals surface area (Å²) in [5, 5.41) is 4.17. The monoisotopic (exact) mass is 371 g/mol. The number of carbonyl (C=O) groups is 1. The SMILES string of the molecule is Cc1cnc(C(=O)N2CCCC(Cc3nc(C4CCOCC4)no3)C2)cn1. The third kappa shape index (κ3) is 4.32. The highest BCUT2D eigenvalue weighted by Gasteiger charge is 2.28. The van der Waals surface area contributed by atoms with Crippen LogP contribution in [0.3, 0.4) is 0 Å². The minimum Gasteiger partial charge on any atom is -0.381 e. The fourth-order valence-electron chi connectivity index (χ4n) is 3.80. The van der Waals surface area contributed by atoms with Crippen molar-refractivity contribution < 1.29 is 14.1 Å². The van der Waals surface area contributed by atoms with Crippen LogP contribution in [0.1, 0.15) is 59.5 Å². The molecule has 0 saturated carbocycles. The highest BCUT2D eigenvalue weighted by atomic mass is 16.5. The molecule has 0 aliphatic carbocycles. The van der Waals surface area contributed by atoms with Gasteiger partial charge in [-0.3, -0.25) is 9.78 Å². The predicted molar refractivity (Wildman–Crippen MR) is 96.2 cm³/mol. The Labute approximate surface area is 158 Å². The van der Waals surface area contributed by atoms with Gasteiger partial charge in [0.05, 0.1) is 11.9 Å². The summed E-state index contributed by atoms with van der Waals surface area (Å²) in [7, 11) is 0. The Morgan fingerprint density at radius 1 is 1.22 bits per heavy atom. The normalized spacial score (nSPS) is 21.4. The van der Waals surface area contributed by atoms with Crippen LogP contribution in [0.2, 0.25) is 0 Å². The van der Waals surface area contributed by atoms with Crippen molar-refractivity contribution in [3.63, 3.8) is 0 Å². The van der Waals surface area contributed by atoms with Crippen molar-refractivity contribution in [3.05, 3.63) is 35.5 Å². The summed E-state index contributed by atoms with van der Waals surface area (Å²) in [4.78, 5) is 27.5. The third-order valence-electron chi connectivity index (χ3n) is 5.34. The van der Waals surface area contributed by atoms with Gasteiger partial charge in [0.25, 0.3) is 5.91 Å². The Morgan fingerprint density at radius 2 is 2.07 bits per heavy atom. The maximum Gasteiger partial charge on any atom is 0.274 e. The molecular weight excluding hydrogens is 346 g/mol. The Bertz CT molecular complexity index is 770. The maximum atomic E-state index is 12.7. The van der Waals surface area contributed by atoms with E-state index in [1.54, 1.807) is 12.4 Å². The largest absolute Gasteiger partial charge is 0.381 e. The van der Waals surface area contributed by atoms with E-state index in [0.29, 0.717) is 36.4 Å². The molecule has 1 amide bonds. The Balaban J connectivity index is 1.36. The van der Waals surface area contributed by atoms with Gasteiger partial charge in [0, 0.05) is 44.8 Å². The van der Waals surface area contributed by atoms with E-state index >= 15 is 0 Å². The number of likely N-dealkylation sites (tertiary alicyclic amines) is 1. The van der Waals surface area contributed by atoms with Crippen LogP contribution in [-0.2, 0) is 11.2 Å². The van der Waals surface area contributed by atoms with Gasteiger partial charge in [-0.15, -0.1) is 0 Å². The van der Waals surface area contributed by atoms with E-state index in [-0.39, 0.29) is 5.91 Å². The van der Waals surface area contributed by atoms with Crippen molar-refractivity contribution in [2.24, 2.45) is 5.92 Å². The van der Waals surface area contributed by atoms with Crippen molar-refractivity contribution in [3.8, 4) is 0 Å². The summed E-state index contributed by atoms with van der Waals surface area (Å²) < 4.78 is 10.9. The number of aromatic nitrogens is 4. The molecule has 2 aliphatic heterocycles. The van der Waals surface area contributed by atoms with Crippen LogP contribution in [0, 0.1) is 12.8 Å². The first kappa shape index (κ1) is 18.0. The number of nitrogens with zero attached hydrogens (tertiary/aromatic N) is 5.